The molecule has 1 aliphatic carbocycles. The van der Waals surface area contributed by atoms with E-state index in [4.69, 9.17) is 28.5 Å². The van der Waals surface area contributed by atoms with Crippen molar-refractivity contribution in [2.45, 2.75) is 82.3 Å². The molecule has 258 valence electrons. The lowest BCUT2D eigenvalue weighted by molar-refractivity contribution is -0.204. The summed E-state index contributed by atoms with van der Waals surface area (Å²) < 4.78 is 28.1. The Bertz CT molecular complexity index is 1530. The summed E-state index contributed by atoms with van der Waals surface area (Å²) in [6.07, 6.45) is -0.0443. The fraction of sp³-hybridized carbons (Fsp3) is 0.606. The molecule has 8 atom stereocenters. The maximum Gasteiger partial charge on any atom is 0.348 e. The number of hydrogen-bond donors (Lipinski definition) is 2. The minimum Gasteiger partial charge on any atom is -0.462 e. The van der Waals surface area contributed by atoms with Gasteiger partial charge in [-0.05, 0) is 30.0 Å². The largest absolute Gasteiger partial charge is 0.462 e. The van der Waals surface area contributed by atoms with Gasteiger partial charge in [0.2, 0.25) is 17.9 Å². The lowest BCUT2D eigenvalue weighted by Gasteiger charge is -2.50. The van der Waals surface area contributed by atoms with Crippen LogP contribution in [0.1, 0.15) is 44.2 Å². The highest BCUT2D eigenvalue weighted by molar-refractivity contribution is 5.96. The van der Waals surface area contributed by atoms with Crippen LogP contribution in [0, 0.1) is 10.8 Å². The van der Waals surface area contributed by atoms with Gasteiger partial charge < -0.3 is 39.0 Å². The van der Waals surface area contributed by atoms with Crippen molar-refractivity contribution in [1.82, 2.24) is 15.3 Å². The average Bonchev–Trinajstić information content (AvgIpc) is 3.86. The number of ether oxygens (including phenoxy) is 5. The number of carbonyl (C=O) groups is 5. The molecule has 1 aromatic rings. The highest BCUT2D eigenvalue weighted by atomic mass is 16.8. The quantitative estimate of drug-likeness (QED) is 0.201. The monoisotopic (exact) mass is 669 g/mol. The van der Waals surface area contributed by atoms with E-state index in [0.29, 0.717) is 30.5 Å². The Morgan fingerprint density at radius 3 is 2.69 bits per heavy atom. The van der Waals surface area contributed by atoms with Gasteiger partial charge in [-0.1, -0.05) is 38.1 Å². The van der Waals surface area contributed by atoms with E-state index in [-0.39, 0.29) is 51.3 Å². The number of benzene rings is 1. The average molecular weight is 670 g/mol. The van der Waals surface area contributed by atoms with E-state index in [1.54, 1.807) is 44.2 Å². The Hall–Kier alpha value is -3.89. The van der Waals surface area contributed by atoms with E-state index in [2.05, 4.69) is 5.32 Å². The van der Waals surface area contributed by atoms with Crippen molar-refractivity contribution >= 4 is 35.8 Å². The van der Waals surface area contributed by atoms with Gasteiger partial charge >= 0.3 is 17.9 Å². The predicted molar refractivity (Wildman–Crippen MR) is 161 cm³/mol. The summed E-state index contributed by atoms with van der Waals surface area (Å²) >= 11 is 0. The zero-order chi connectivity index (χ0) is 33.8. The summed E-state index contributed by atoms with van der Waals surface area (Å²) in [5, 5.41) is 13.3. The first kappa shape index (κ1) is 32.6. The van der Waals surface area contributed by atoms with E-state index in [9.17, 15) is 29.1 Å². The molecule has 2 N–H and O–H groups in total. The summed E-state index contributed by atoms with van der Waals surface area (Å²) in [7, 11) is 0. The third-order valence-corrected chi connectivity index (χ3v) is 10.2. The Morgan fingerprint density at radius 1 is 1.12 bits per heavy atom. The molecule has 8 unspecified atom stereocenters. The van der Waals surface area contributed by atoms with Crippen LogP contribution in [0.5, 0.6) is 0 Å². The summed E-state index contributed by atoms with van der Waals surface area (Å²) in [5.74, 6) is -2.71. The molecule has 5 heterocycles. The predicted octanol–water partition coefficient (Wildman–Crippen LogP) is -0.164. The second kappa shape index (κ2) is 12.5. The molecule has 6 aliphatic rings. The molecule has 48 heavy (non-hydrogen) atoms. The Kier molecular flexibility index (Phi) is 8.52. The number of carbonyl (C=O) groups excluding carboxylic acids is 5. The summed E-state index contributed by atoms with van der Waals surface area (Å²) in [4.78, 5) is 74.5. The fourth-order valence-corrected chi connectivity index (χ4v) is 7.92. The number of fused-ring (bicyclic) bond motifs is 4. The van der Waals surface area contributed by atoms with Crippen molar-refractivity contribution in [3.05, 3.63) is 41.5 Å². The molecule has 2 amide bonds. The molecule has 1 aromatic carbocycles. The molecule has 5 saturated heterocycles. The Labute approximate surface area is 276 Å². The lowest BCUT2D eigenvalue weighted by Crippen LogP contribution is -2.70. The number of nitrogens with zero attached hydrogens (tertiary/aromatic N) is 2. The SMILES string of the molecule is CC1(C)COC(=O)C1OC(=O)C=Cc1ccccc1CN1OC2C3OCOC3C3CC2(C(=O)N2CCCC2C(=O)NCCO)C1C(=O)O3. The number of hydrogen-bond acceptors (Lipinski definition) is 13. The minimum absolute atomic E-state index is 0.0339. The summed E-state index contributed by atoms with van der Waals surface area (Å²) in [6, 6.07) is 5.24. The molecule has 1 saturated carbocycles. The highest BCUT2D eigenvalue weighted by Crippen LogP contribution is 2.56. The second-order valence-electron chi connectivity index (χ2n) is 13.7. The highest BCUT2D eigenvalue weighted by Gasteiger charge is 2.75. The number of hydroxylamine groups is 2. The van der Waals surface area contributed by atoms with Gasteiger partial charge in [0.25, 0.3) is 0 Å². The summed E-state index contributed by atoms with van der Waals surface area (Å²) in [5.41, 5.74) is -0.802. The van der Waals surface area contributed by atoms with E-state index in [0.717, 1.165) is 0 Å². The van der Waals surface area contributed by atoms with Gasteiger partial charge in [0.05, 0.1) is 13.2 Å². The number of nitrogens with one attached hydrogen (secondary N) is 1. The third-order valence-electron chi connectivity index (χ3n) is 10.2. The first-order valence-corrected chi connectivity index (χ1v) is 16.2. The molecule has 7 rings (SSSR count). The van der Waals surface area contributed by atoms with Crippen LogP contribution in [-0.2, 0) is 59.0 Å². The Morgan fingerprint density at radius 2 is 1.92 bits per heavy atom. The van der Waals surface area contributed by atoms with E-state index in [1.807, 2.05) is 0 Å². The van der Waals surface area contributed by atoms with Crippen molar-refractivity contribution in [3.63, 3.8) is 0 Å². The van der Waals surface area contributed by atoms with Crippen LogP contribution in [0.15, 0.2) is 30.3 Å². The molecular weight excluding hydrogens is 630 g/mol. The molecule has 15 nitrogen and oxygen atoms in total. The van der Waals surface area contributed by atoms with Gasteiger partial charge in [0.15, 0.2) is 6.04 Å². The maximum atomic E-state index is 14.8. The van der Waals surface area contributed by atoms with E-state index >= 15 is 0 Å². The van der Waals surface area contributed by atoms with Crippen molar-refractivity contribution < 1.29 is 57.6 Å². The third kappa shape index (κ3) is 5.37. The number of rotatable bonds is 9. The van der Waals surface area contributed by atoms with Gasteiger partial charge in [-0.15, -0.1) is 0 Å². The van der Waals surface area contributed by atoms with Crippen molar-refractivity contribution in [2.24, 2.45) is 10.8 Å². The van der Waals surface area contributed by atoms with Crippen LogP contribution >= 0.6 is 0 Å². The number of aliphatic hydroxyl groups is 1. The summed E-state index contributed by atoms with van der Waals surface area (Å²) in [6.45, 7) is 3.84. The number of esters is 3. The number of amides is 2. The topological polar surface area (TPSA) is 179 Å². The van der Waals surface area contributed by atoms with Gasteiger partial charge in [0.1, 0.15) is 49.3 Å². The molecule has 0 aromatic heterocycles. The maximum absolute atomic E-state index is 14.8. The smallest absolute Gasteiger partial charge is 0.348 e. The van der Waals surface area contributed by atoms with Crippen LogP contribution in [0.3, 0.4) is 0 Å². The van der Waals surface area contributed by atoms with Crippen LogP contribution in [-0.4, -0.2) is 120 Å². The normalized spacial score (nSPS) is 35.0. The number of likely N-dealkylation sites (tertiary alicyclic amines) is 1. The molecule has 0 spiro atoms. The molecule has 6 fully saturated rings. The second-order valence-corrected chi connectivity index (χ2v) is 13.7. The van der Waals surface area contributed by atoms with Crippen LogP contribution in [0.25, 0.3) is 6.08 Å². The zero-order valence-electron chi connectivity index (χ0n) is 26.7. The van der Waals surface area contributed by atoms with E-state index < -0.39 is 71.3 Å². The minimum atomic E-state index is -1.42. The van der Waals surface area contributed by atoms with Crippen molar-refractivity contribution in [1.29, 1.82) is 0 Å². The molecule has 2 bridgehead atoms. The Balaban J connectivity index is 1.17. The van der Waals surface area contributed by atoms with E-state index in [1.165, 1.54) is 16.0 Å². The van der Waals surface area contributed by atoms with Crippen molar-refractivity contribution in [2.75, 3.05) is 33.1 Å². The number of aliphatic hydroxyl groups excluding tert-OH is 1. The van der Waals surface area contributed by atoms with Gasteiger partial charge in [-0.3, -0.25) is 19.2 Å². The van der Waals surface area contributed by atoms with Gasteiger partial charge in [0, 0.05) is 31.0 Å². The zero-order valence-corrected chi connectivity index (χ0v) is 26.7. The molecule has 15 heteroatoms. The van der Waals surface area contributed by atoms with Gasteiger partial charge in [-0.25, -0.2) is 9.59 Å². The van der Waals surface area contributed by atoms with Crippen molar-refractivity contribution in [3.8, 4) is 0 Å². The fourth-order valence-electron chi connectivity index (χ4n) is 7.92. The van der Waals surface area contributed by atoms with Crippen LogP contribution < -0.4 is 5.32 Å². The number of cyclic esters (lactones) is 1. The van der Waals surface area contributed by atoms with Crippen LogP contribution in [0.4, 0.5) is 0 Å². The van der Waals surface area contributed by atoms with Gasteiger partial charge in [-0.2, -0.15) is 5.06 Å². The lowest BCUT2D eigenvalue weighted by atomic mass is 9.62. The molecular formula is C33H39N3O12. The van der Waals surface area contributed by atoms with Crippen LogP contribution in [0.2, 0.25) is 0 Å². The first-order valence-electron chi connectivity index (χ1n) is 16.2. The molecule has 5 aliphatic heterocycles. The first-order chi connectivity index (χ1) is 23.0. The standard InChI is InChI=1S/C33H39N3O12/c1-32(2)16-43-30(41)27(32)47-22(38)10-9-18-6-3-4-7-19(18)15-36-25-29(40)46-21-14-33(25,26(48-36)24-23(21)44-17-45-24)31(42)35-12-5-8-20(35)28(39)34-11-13-37/h3-4,6-7,9-10,20-21,23-27,37H,5,8,11-17H2,1-2H3,(H,34,39). The molecule has 0 radical (unpaired) electrons.